The molecule has 1 aromatic carbocycles. The number of aryl methyl sites for hydroxylation is 2. The van der Waals surface area contributed by atoms with Crippen LogP contribution in [0.25, 0.3) is 21.3 Å². The summed E-state index contributed by atoms with van der Waals surface area (Å²) in [4.78, 5) is 22.6. The van der Waals surface area contributed by atoms with E-state index in [-0.39, 0.29) is 24.2 Å². The van der Waals surface area contributed by atoms with Crippen LogP contribution in [0.1, 0.15) is 50.2 Å². The first kappa shape index (κ1) is 24.5. The quantitative estimate of drug-likeness (QED) is 0.382. The second-order valence-corrected chi connectivity index (χ2v) is 11.0. The van der Waals surface area contributed by atoms with Crippen molar-refractivity contribution in [2.75, 3.05) is 18.0 Å². The second kappa shape index (κ2) is 9.68. The number of pyridine rings is 1. The molecule has 0 radical (unpaired) electrons. The summed E-state index contributed by atoms with van der Waals surface area (Å²) in [5.74, 6) is 0. The van der Waals surface area contributed by atoms with Crippen molar-refractivity contribution in [1.29, 1.82) is 5.26 Å². The van der Waals surface area contributed by atoms with Gasteiger partial charge in [0.05, 0.1) is 38.7 Å². The van der Waals surface area contributed by atoms with E-state index in [1.807, 2.05) is 0 Å². The highest BCUT2D eigenvalue weighted by atomic mass is 32.1. The number of thiazole rings is 1. The number of nitrogens with zero attached hydrogens (tertiary/aromatic N) is 7. The number of benzene rings is 1. The minimum Gasteiger partial charge on any atom is -0.364 e. The topological polar surface area (TPSA) is 83.0 Å². The molecule has 0 aliphatic carbocycles. The van der Waals surface area contributed by atoms with E-state index in [0.717, 1.165) is 53.2 Å². The highest BCUT2D eigenvalue weighted by Crippen LogP contribution is 2.35. The van der Waals surface area contributed by atoms with Crippen LogP contribution in [0.5, 0.6) is 0 Å². The maximum atomic E-state index is 12.9. The molecule has 1 unspecified atom stereocenters. The van der Waals surface area contributed by atoms with Gasteiger partial charge >= 0.3 is 0 Å². The molecule has 1 saturated heterocycles. The third-order valence-corrected chi connectivity index (χ3v) is 8.61. The third-order valence-electron chi connectivity index (χ3n) is 7.66. The van der Waals surface area contributed by atoms with Crippen LogP contribution in [-0.4, -0.2) is 49.4 Å². The molecule has 3 aromatic heterocycles. The number of nitriles is 1. The zero-order valence-corrected chi connectivity index (χ0v) is 22.4. The number of rotatable bonds is 6. The molecule has 0 N–H and O–H groups in total. The molecule has 0 bridgehead atoms. The standard InChI is InChI=1S/C27H33N7OS/c1-6-20-15-34(23-13-26(35)31(5)24-16-32(11-10-28)30-27(23)24)21(7-2)14-33(20)17(3)19-8-9-25-22(12-19)29-18(4)36-25/h8-9,12-13,16-17,20-21H,6-7,11,14-15H2,1-5H3/t17?,20-,21+/m1/s1. The fourth-order valence-corrected chi connectivity index (χ4v) is 6.38. The van der Waals surface area contributed by atoms with Crippen LogP contribution in [0.2, 0.25) is 0 Å². The van der Waals surface area contributed by atoms with Gasteiger partial charge in [0.15, 0.2) is 0 Å². The SMILES string of the molecule is CC[C@H]1CN(C(C)c2ccc3sc(C)nc3c2)[C@H](CC)CN1c1cc(=O)n(C)c2cn(CC#N)nc12. The lowest BCUT2D eigenvalue weighted by Crippen LogP contribution is -2.58. The number of aromatic nitrogens is 4. The van der Waals surface area contributed by atoms with E-state index in [2.05, 4.69) is 61.8 Å². The fraction of sp³-hybridized carbons (Fsp3) is 0.481. The molecule has 9 heteroatoms. The van der Waals surface area contributed by atoms with Crippen LogP contribution in [0.3, 0.4) is 0 Å². The average Bonchev–Trinajstić information content (AvgIpc) is 3.47. The van der Waals surface area contributed by atoms with Crippen molar-refractivity contribution in [3.05, 3.63) is 51.4 Å². The molecule has 1 fully saturated rings. The van der Waals surface area contributed by atoms with Gasteiger partial charge in [-0.15, -0.1) is 11.3 Å². The molecule has 4 heterocycles. The van der Waals surface area contributed by atoms with Gasteiger partial charge in [0, 0.05) is 44.3 Å². The summed E-state index contributed by atoms with van der Waals surface area (Å²) in [5, 5.41) is 15.0. The Hall–Kier alpha value is -3.22. The molecular weight excluding hydrogens is 470 g/mol. The molecule has 188 valence electrons. The van der Waals surface area contributed by atoms with Crippen molar-refractivity contribution in [3.63, 3.8) is 0 Å². The predicted octanol–water partition coefficient (Wildman–Crippen LogP) is 4.62. The maximum Gasteiger partial charge on any atom is 0.252 e. The van der Waals surface area contributed by atoms with E-state index in [0.29, 0.717) is 6.04 Å². The molecule has 3 atom stereocenters. The molecule has 5 rings (SSSR count). The molecule has 8 nitrogen and oxygen atoms in total. The Morgan fingerprint density at radius 3 is 2.69 bits per heavy atom. The van der Waals surface area contributed by atoms with Crippen molar-refractivity contribution in [1.82, 2.24) is 24.2 Å². The molecule has 0 saturated carbocycles. The van der Waals surface area contributed by atoms with Crippen LogP contribution >= 0.6 is 11.3 Å². The zero-order chi connectivity index (χ0) is 25.6. The molecule has 4 aromatic rings. The van der Waals surface area contributed by atoms with E-state index < -0.39 is 0 Å². The van der Waals surface area contributed by atoms with Gasteiger partial charge in [-0.3, -0.25) is 14.4 Å². The molecule has 36 heavy (non-hydrogen) atoms. The Kier molecular flexibility index (Phi) is 6.58. The van der Waals surface area contributed by atoms with Crippen molar-refractivity contribution in [2.24, 2.45) is 7.05 Å². The van der Waals surface area contributed by atoms with Crippen LogP contribution < -0.4 is 10.5 Å². The fourth-order valence-electron chi connectivity index (χ4n) is 5.58. The summed E-state index contributed by atoms with van der Waals surface area (Å²) in [6.07, 6.45) is 3.77. The average molecular weight is 504 g/mol. The van der Waals surface area contributed by atoms with Crippen LogP contribution in [0, 0.1) is 18.3 Å². The van der Waals surface area contributed by atoms with Crippen molar-refractivity contribution in [2.45, 2.75) is 65.2 Å². The van der Waals surface area contributed by atoms with Gasteiger partial charge in [-0.05, 0) is 44.4 Å². The molecule has 0 amide bonds. The predicted molar refractivity (Wildman–Crippen MR) is 146 cm³/mol. The lowest BCUT2D eigenvalue weighted by atomic mass is 9.96. The van der Waals surface area contributed by atoms with Crippen molar-refractivity contribution >= 4 is 38.3 Å². The van der Waals surface area contributed by atoms with E-state index in [1.54, 1.807) is 39.9 Å². The molecule has 0 spiro atoms. The smallest absolute Gasteiger partial charge is 0.252 e. The normalized spacial score (nSPS) is 19.7. The van der Waals surface area contributed by atoms with Gasteiger partial charge in [0.2, 0.25) is 0 Å². The summed E-state index contributed by atoms with van der Waals surface area (Å²) >= 11 is 1.74. The van der Waals surface area contributed by atoms with Gasteiger partial charge in [-0.1, -0.05) is 19.9 Å². The van der Waals surface area contributed by atoms with E-state index in [9.17, 15) is 4.79 Å². The minimum absolute atomic E-state index is 0.0560. The summed E-state index contributed by atoms with van der Waals surface area (Å²) in [6.45, 7) is 10.7. The van der Waals surface area contributed by atoms with Gasteiger partial charge in [-0.25, -0.2) is 4.98 Å². The second-order valence-electron chi connectivity index (χ2n) is 9.75. The van der Waals surface area contributed by atoms with Gasteiger partial charge < -0.3 is 9.47 Å². The largest absolute Gasteiger partial charge is 0.364 e. The highest BCUT2D eigenvalue weighted by Gasteiger charge is 2.36. The molecule has 1 aliphatic heterocycles. The van der Waals surface area contributed by atoms with Crippen LogP contribution in [-0.2, 0) is 13.6 Å². The number of piperazine rings is 1. The Balaban J connectivity index is 1.50. The molecular formula is C27H33N7OS. The zero-order valence-electron chi connectivity index (χ0n) is 21.6. The monoisotopic (exact) mass is 503 g/mol. The Labute approximate surface area is 215 Å². The summed E-state index contributed by atoms with van der Waals surface area (Å²) in [7, 11) is 1.76. The summed E-state index contributed by atoms with van der Waals surface area (Å²) < 4.78 is 4.48. The minimum atomic E-state index is -0.0560. The van der Waals surface area contributed by atoms with Crippen molar-refractivity contribution < 1.29 is 0 Å². The first-order valence-corrected chi connectivity index (χ1v) is 13.5. The highest BCUT2D eigenvalue weighted by molar-refractivity contribution is 7.18. The third kappa shape index (κ3) is 4.18. The van der Waals surface area contributed by atoms with Gasteiger partial charge in [-0.2, -0.15) is 10.4 Å². The lowest BCUT2D eigenvalue weighted by molar-refractivity contribution is 0.101. The van der Waals surface area contributed by atoms with Gasteiger partial charge in [0.1, 0.15) is 12.1 Å². The van der Waals surface area contributed by atoms with Crippen molar-refractivity contribution in [3.8, 4) is 6.07 Å². The first-order chi connectivity index (χ1) is 17.3. The van der Waals surface area contributed by atoms with E-state index >= 15 is 0 Å². The lowest BCUT2D eigenvalue weighted by Gasteiger charge is -2.49. The summed E-state index contributed by atoms with van der Waals surface area (Å²) in [5.41, 5.74) is 4.74. The number of anilines is 1. The summed E-state index contributed by atoms with van der Waals surface area (Å²) in [6, 6.07) is 11.4. The van der Waals surface area contributed by atoms with Crippen LogP contribution in [0.4, 0.5) is 5.69 Å². The maximum absolute atomic E-state index is 12.9. The Morgan fingerprint density at radius 1 is 1.19 bits per heavy atom. The number of hydrogen-bond donors (Lipinski definition) is 0. The van der Waals surface area contributed by atoms with E-state index in [1.165, 1.54) is 10.3 Å². The van der Waals surface area contributed by atoms with Crippen LogP contribution in [0.15, 0.2) is 35.3 Å². The first-order valence-electron chi connectivity index (χ1n) is 12.7. The van der Waals surface area contributed by atoms with E-state index in [4.69, 9.17) is 15.3 Å². The number of hydrogen-bond acceptors (Lipinski definition) is 7. The molecule has 1 aliphatic rings. The van der Waals surface area contributed by atoms with Gasteiger partial charge in [0.25, 0.3) is 5.56 Å². The number of fused-ring (bicyclic) bond motifs is 2. The Bertz CT molecular complexity index is 1510. The Morgan fingerprint density at radius 2 is 1.97 bits per heavy atom.